The van der Waals surface area contributed by atoms with Crippen molar-refractivity contribution >= 4 is 21.6 Å². The molecule has 0 spiro atoms. The second-order valence-electron chi connectivity index (χ2n) is 6.04. The first-order valence-electron chi connectivity index (χ1n) is 8.09. The van der Waals surface area contributed by atoms with E-state index in [0.29, 0.717) is 11.8 Å². The highest BCUT2D eigenvalue weighted by Gasteiger charge is 2.28. The third kappa shape index (κ3) is 3.28. The number of nitrogens with zero attached hydrogens (tertiary/aromatic N) is 2. The van der Waals surface area contributed by atoms with Crippen LogP contribution in [0.2, 0.25) is 0 Å². The molecule has 2 N–H and O–H groups in total. The van der Waals surface area contributed by atoms with E-state index in [1.54, 1.807) is 0 Å². The maximum Gasteiger partial charge on any atom is 0.0984 e. The molecule has 2 aromatic rings. The Morgan fingerprint density at radius 2 is 2.10 bits per heavy atom. The minimum atomic E-state index is 0.436. The third-order valence-corrected chi connectivity index (χ3v) is 5.79. The average molecular weight is 303 g/mol. The number of thiazole rings is 1. The molecule has 1 aromatic heterocycles. The Kier molecular flexibility index (Phi) is 4.88. The lowest BCUT2D eigenvalue weighted by atomic mass is 9.84. The standard InChI is InChI=1S/C17H25N3S/c1-2-9-20-10-7-13(8-11-20)14(12-18)17-19-15-5-3-4-6-16(15)21-17/h3-6,13-14H,2,7-12,18H2,1H3. The highest BCUT2D eigenvalue weighted by molar-refractivity contribution is 7.18. The van der Waals surface area contributed by atoms with Crippen LogP contribution >= 0.6 is 11.3 Å². The zero-order valence-corrected chi connectivity index (χ0v) is 13.6. The number of fused-ring (bicyclic) bond motifs is 1. The Bertz CT molecular complexity index is 539. The van der Waals surface area contributed by atoms with Gasteiger partial charge in [-0.2, -0.15) is 0 Å². The van der Waals surface area contributed by atoms with E-state index in [2.05, 4.69) is 36.1 Å². The molecule has 21 heavy (non-hydrogen) atoms. The molecule has 3 nitrogen and oxygen atoms in total. The predicted octanol–water partition coefficient (Wildman–Crippen LogP) is 3.46. The lowest BCUT2D eigenvalue weighted by molar-refractivity contribution is 0.169. The molecule has 114 valence electrons. The lowest BCUT2D eigenvalue weighted by Crippen LogP contribution is -2.37. The van der Waals surface area contributed by atoms with Crippen LogP contribution in [0.25, 0.3) is 10.2 Å². The monoisotopic (exact) mass is 303 g/mol. The first-order chi connectivity index (χ1) is 10.3. The van der Waals surface area contributed by atoms with Gasteiger partial charge in [-0.25, -0.2) is 4.98 Å². The number of para-hydroxylation sites is 1. The second-order valence-corrected chi connectivity index (χ2v) is 7.10. The van der Waals surface area contributed by atoms with Gasteiger partial charge in [-0.1, -0.05) is 19.1 Å². The largest absolute Gasteiger partial charge is 0.330 e. The molecule has 1 aromatic carbocycles. The molecular formula is C17H25N3S. The van der Waals surface area contributed by atoms with Crippen LogP contribution in [0.1, 0.15) is 37.1 Å². The maximum atomic E-state index is 6.10. The van der Waals surface area contributed by atoms with E-state index in [4.69, 9.17) is 10.7 Å². The quantitative estimate of drug-likeness (QED) is 0.920. The van der Waals surface area contributed by atoms with Crippen molar-refractivity contribution in [1.82, 2.24) is 9.88 Å². The van der Waals surface area contributed by atoms with Gasteiger partial charge < -0.3 is 10.6 Å². The predicted molar refractivity (Wildman–Crippen MR) is 90.9 cm³/mol. The molecule has 0 saturated carbocycles. The van der Waals surface area contributed by atoms with E-state index in [0.717, 1.165) is 12.1 Å². The Labute approximate surface area is 131 Å². The molecular weight excluding hydrogens is 278 g/mol. The van der Waals surface area contributed by atoms with Crippen LogP contribution in [0.5, 0.6) is 0 Å². The maximum absolute atomic E-state index is 6.10. The summed E-state index contributed by atoms with van der Waals surface area (Å²) in [5, 5.41) is 1.24. The number of benzene rings is 1. The summed E-state index contributed by atoms with van der Waals surface area (Å²) in [5.74, 6) is 1.13. The Morgan fingerprint density at radius 1 is 1.33 bits per heavy atom. The van der Waals surface area contributed by atoms with Gasteiger partial charge in [0.25, 0.3) is 0 Å². The zero-order chi connectivity index (χ0) is 14.7. The summed E-state index contributed by atoms with van der Waals surface area (Å²) in [7, 11) is 0. The minimum Gasteiger partial charge on any atom is -0.330 e. The van der Waals surface area contributed by atoms with Crippen LogP contribution in [0.3, 0.4) is 0 Å². The van der Waals surface area contributed by atoms with Crippen LogP contribution in [-0.4, -0.2) is 36.1 Å². The molecule has 1 aliphatic rings. The fourth-order valence-corrected chi connectivity index (χ4v) is 4.61. The molecule has 0 amide bonds. The molecule has 1 fully saturated rings. The molecule has 4 heteroatoms. The van der Waals surface area contributed by atoms with Crippen LogP contribution in [0, 0.1) is 5.92 Å². The van der Waals surface area contributed by atoms with Crippen molar-refractivity contribution in [2.24, 2.45) is 11.7 Å². The number of aromatic nitrogens is 1. The summed E-state index contributed by atoms with van der Waals surface area (Å²) in [6.45, 7) is 6.66. The molecule has 1 unspecified atom stereocenters. The van der Waals surface area contributed by atoms with Crippen molar-refractivity contribution in [2.45, 2.75) is 32.1 Å². The molecule has 0 radical (unpaired) electrons. The van der Waals surface area contributed by atoms with E-state index >= 15 is 0 Å². The van der Waals surface area contributed by atoms with E-state index in [1.165, 1.54) is 48.6 Å². The van der Waals surface area contributed by atoms with Crippen molar-refractivity contribution in [3.63, 3.8) is 0 Å². The summed E-state index contributed by atoms with van der Waals surface area (Å²) >= 11 is 1.83. The van der Waals surface area contributed by atoms with Crippen molar-refractivity contribution < 1.29 is 0 Å². The molecule has 1 saturated heterocycles. The van der Waals surface area contributed by atoms with Crippen molar-refractivity contribution in [2.75, 3.05) is 26.2 Å². The summed E-state index contributed by atoms with van der Waals surface area (Å²) in [6.07, 6.45) is 3.78. The van der Waals surface area contributed by atoms with Crippen LogP contribution in [-0.2, 0) is 0 Å². The summed E-state index contributed by atoms with van der Waals surface area (Å²) in [6, 6.07) is 8.41. The molecule has 0 aliphatic carbocycles. The van der Waals surface area contributed by atoms with Gasteiger partial charge in [-0.05, 0) is 56.9 Å². The summed E-state index contributed by atoms with van der Waals surface area (Å²) in [5.41, 5.74) is 7.23. The van der Waals surface area contributed by atoms with Crippen molar-refractivity contribution in [3.05, 3.63) is 29.3 Å². The second kappa shape index (κ2) is 6.86. The zero-order valence-electron chi connectivity index (χ0n) is 12.8. The van der Waals surface area contributed by atoms with Gasteiger partial charge in [0.05, 0.1) is 15.2 Å². The highest BCUT2D eigenvalue weighted by Crippen LogP contribution is 2.36. The van der Waals surface area contributed by atoms with Gasteiger partial charge in [0.1, 0.15) is 0 Å². The smallest absolute Gasteiger partial charge is 0.0984 e. The van der Waals surface area contributed by atoms with Crippen LogP contribution in [0.15, 0.2) is 24.3 Å². The molecule has 1 aliphatic heterocycles. The fourth-order valence-electron chi connectivity index (χ4n) is 3.44. The normalized spacial score (nSPS) is 19.1. The molecule has 0 bridgehead atoms. The Balaban J connectivity index is 1.73. The Morgan fingerprint density at radius 3 is 2.76 bits per heavy atom. The van der Waals surface area contributed by atoms with Crippen molar-refractivity contribution in [3.8, 4) is 0 Å². The average Bonchev–Trinajstić information content (AvgIpc) is 2.93. The third-order valence-electron chi connectivity index (χ3n) is 4.62. The highest BCUT2D eigenvalue weighted by atomic mass is 32.1. The van der Waals surface area contributed by atoms with E-state index < -0.39 is 0 Å². The minimum absolute atomic E-state index is 0.436. The molecule has 1 atom stereocenters. The number of hydrogen-bond acceptors (Lipinski definition) is 4. The van der Waals surface area contributed by atoms with Gasteiger partial charge in [-0.3, -0.25) is 0 Å². The first kappa shape index (κ1) is 14.9. The number of hydrogen-bond donors (Lipinski definition) is 1. The Hall–Kier alpha value is -0.970. The van der Waals surface area contributed by atoms with Gasteiger partial charge in [0.15, 0.2) is 0 Å². The van der Waals surface area contributed by atoms with E-state index in [9.17, 15) is 0 Å². The van der Waals surface area contributed by atoms with Gasteiger partial charge in [0.2, 0.25) is 0 Å². The first-order valence-corrected chi connectivity index (χ1v) is 8.91. The number of nitrogens with two attached hydrogens (primary N) is 1. The van der Waals surface area contributed by atoms with Crippen LogP contribution in [0.4, 0.5) is 0 Å². The molecule has 2 heterocycles. The fraction of sp³-hybridized carbons (Fsp3) is 0.588. The SMILES string of the molecule is CCCN1CCC(C(CN)c2nc3ccccc3s2)CC1. The topological polar surface area (TPSA) is 42.1 Å². The number of likely N-dealkylation sites (tertiary alicyclic amines) is 1. The van der Waals surface area contributed by atoms with Gasteiger partial charge in [-0.15, -0.1) is 11.3 Å². The number of rotatable bonds is 5. The van der Waals surface area contributed by atoms with Crippen molar-refractivity contribution in [1.29, 1.82) is 0 Å². The van der Waals surface area contributed by atoms with E-state index in [1.807, 2.05) is 11.3 Å². The van der Waals surface area contributed by atoms with E-state index in [-0.39, 0.29) is 0 Å². The van der Waals surface area contributed by atoms with Crippen LogP contribution < -0.4 is 5.73 Å². The lowest BCUT2D eigenvalue weighted by Gasteiger charge is -2.34. The molecule has 3 rings (SSSR count). The summed E-state index contributed by atoms with van der Waals surface area (Å²) < 4.78 is 1.29. The van der Waals surface area contributed by atoms with Gasteiger partial charge in [0, 0.05) is 12.5 Å². The number of piperidine rings is 1. The summed E-state index contributed by atoms with van der Waals surface area (Å²) in [4.78, 5) is 7.43. The van der Waals surface area contributed by atoms with Gasteiger partial charge >= 0.3 is 0 Å².